The molecule has 0 aliphatic rings. The first-order valence-electron chi connectivity index (χ1n) is 4.19. The Morgan fingerprint density at radius 2 is 2.36 bits per heavy atom. The van der Waals surface area contributed by atoms with E-state index in [2.05, 4.69) is 5.32 Å². The van der Waals surface area contributed by atoms with E-state index in [1.54, 1.807) is 31.2 Å². The summed E-state index contributed by atoms with van der Waals surface area (Å²) in [6, 6.07) is 8.46. The van der Waals surface area contributed by atoms with E-state index in [0.717, 1.165) is 5.69 Å². The van der Waals surface area contributed by atoms with Crippen LogP contribution in [0.15, 0.2) is 24.3 Å². The molecular formula is C10H11N3O. The molecule has 0 aliphatic heterocycles. The highest BCUT2D eigenvalue weighted by molar-refractivity contribution is 5.82. The number of carbonyl (C=O) groups is 1. The van der Waals surface area contributed by atoms with Crippen LogP contribution in [0.4, 0.5) is 5.69 Å². The van der Waals surface area contributed by atoms with Crippen LogP contribution >= 0.6 is 0 Å². The lowest BCUT2D eigenvalue weighted by atomic mass is 10.2. The predicted molar refractivity (Wildman–Crippen MR) is 53.4 cm³/mol. The molecule has 3 N–H and O–H groups in total. The number of hydrogen-bond donors (Lipinski definition) is 2. The van der Waals surface area contributed by atoms with Crippen molar-refractivity contribution in [3.8, 4) is 6.07 Å². The van der Waals surface area contributed by atoms with Crippen LogP contribution in [0.2, 0.25) is 0 Å². The summed E-state index contributed by atoms with van der Waals surface area (Å²) in [5, 5.41) is 11.5. The Morgan fingerprint density at radius 3 is 2.93 bits per heavy atom. The van der Waals surface area contributed by atoms with Gasteiger partial charge < -0.3 is 11.1 Å². The number of nitrogens with one attached hydrogen (secondary N) is 1. The first kappa shape index (κ1) is 10.1. The first-order valence-corrected chi connectivity index (χ1v) is 4.19. The summed E-state index contributed by atoms with van der Waals surface area (Å²) >= 11 is 0. The lowest BCUT2D eigenvalue weighted by Crippen LogP contribution is -2.32. The summed E-state index contributed by atoms with van der Waals surface area (Å²) in [5.41, 5.74) is 6.35. The Bertz CT molecular complexity index is 381. The molecule has 1 rings (SSSR count). The number of anilines is 1. The highest BCUT2D eigenvalue weighted by Gasteiger charge is 2.07. The summed E-state index contributed by atoms with van der Waals surface area (Å²) in [5.74, 6) is -0.424. The fourth-order valence-corrected chi connectivity index (χ4v) is 1.000. The smallest absolute Gasteiger partial charge is 0.239 e. The molecule has 1 amide bonds. The molecular weight excluding hydrogens is 178 g/mol. The average Bonchev–Trinajstić information content (AvgIpc) is 2.18. The predicted octanol–water partition coefficient (Wildman–Crippen LogP) is 0.844. The zero-order valence-corrected chi connectivity index (χ0v) is 7.82. The Kier molecular flexibility index (Phi) is 3.08. The Morgan fingerprint density at radius 1 is 1.64 bits per heavy atom. The van der Waals surface area contributed by atoms with E-state index in [-0.39, 0.29) is 0 Å². The molecule has 1 aromatic rings. The molecule has 0 spiro atoms. The van der Waals surface area contributed by atoms with Gasteiger partial charge in [0.15, 0.2) is 0 Å². The molecule has 0 heterocycles. The first-order chi connectivity index (χ1) is 6.63. The van der Waals surface area contributed by atoms with E-state index >= 15 is 0 Å². The Hall–Kier alpha value is -2.02. The van der Waals surface area contributed by atoms with Gasteiger partial charge in [0.05, 0.1) is 11.6 Å². The van der Waals surface area contributed by atoms with E-state index < -0.39 is 11.9 Å². The molecule has 1 atom stereocenters. The van der Waals surface area contributed by atoms with Crippen molar-refractivity contribution in [2.24, 2.45) is 5.73 Å². The molecule has 1 aromatic carbocycles. The molecule has 0 aromatic heterocycles. The maximum absolute atomic E-state index is 10.8. The molecule has 72 valence electrons. The topological polar surface area (TPSA) is 78.9 Å². The summed E-state index contributed by atoms with van der Waals surface area (Å²) in [6.07, 6.45) is 0. The number of carbonyl (C=O) groups excluding carboxylic acids is 1. The highest BCUT2D eigenvalue weighted by Crippen LogP contribution is 2.10. The number of hydrogen-bond acceptors (Lipinski definition) is 3. The number of nitrogens with zero attached hydrogens (tertiary/aromatic N) is 1. The summed E-state index contributed by atoms with van der Waals surface area (Å²) in [7, 11) is 0. The van der Waals surface area contributed by atoms with Crippen LogP contribution < -0.4 is 11.1 Å². The van der Waals surface area contributed by atoms with Gasteiger partial charge in [-0.2, -0.15) is 5.26 Å². The highest BCUT2D eigenvalue weighted by atomic mass is 16.1. The van der Waals surface area contributed by atoms with E-state index in [1.807, 2.05) is 6.07 Å². The minimum atomic E-state index is -0.441. The second-order valence-corrected chi connectivity index (χ2v) is 2.96. The lowest BCUT2D eigenvalue weighted by Gasteiger charge is -2.11. The van der Waals surface area contributed by atoms with Gasteiger partial charge >= 0.3 is 0 Å². The van der Waals surface area contributed by atoms with Crippen LogP contribution in [0, 0.1) is 11.3 Å². The molecule has 0 aliphatic carbocycles. The van der Waals surface area contributed by atoms with Crippen molar-refractivity contribution in [1.82, 2.24) is 0 Å². The normalized spacial score (nSPS) is 11.4. The molecule has 0 bridgehead atoms. The average molecular weight is 189 g/mol. The van der Waals surface area contributed by atoms with Crippen molar-refractivity contribution in [3.63, 3.8) is 0 Å². The van der Waals surface area contributed by atoms with E-state index in [9.17, 15) is 4.79 Å². The van der Waals surface area contributed by atoms with Crippen LogP contribution in [0.25, 0.3) is 0 Å². The summed E-state index contributed by atoms with van der Waals surface area (Å²) in [6.45, 7) is 1.67. The monoisotopic (exact) mass is 189 g/mol. The van der Waals surface area contributed by atoms with Crippen molar-refractivity contribution in [1.29, 1.82) is 5.26 Å². The van der Waals surface area contributed by atoms with Gasteiger partial charge in [0.25, 0.3) is 0 Å². The molecule has 0 radical (unpaired) electrons. The van der Waals surface area contributed by atoms with Crippen molar-refractivity contribution < 1.29 is 4.79 Å². The quantitative estimate of drug-likeness (QED) is 0.739. The lowest BCUT2D eigenvalue weighted by molar-refractivity contribution is -0.118. The molecule has 1 unspecified atom stereocenters. The van der Waals surface area contributed by atoms with Gasteiger partial charge in [0, 0.05) is 5.69 Å². The number of rotatable bonds is 3. The molecule has 0 saturated carbocycles. The second-order valence-electron chi connectivity index (χ2n) is 2.96. The number of benzene rings is 1. The minimum Gasteiger partial charge on any atom is -0.374 e. The largest absolute Gasteiger partial charge is 0.374 e. The van der Waals surface area contributed by atoms with Gasteiger partial charge in [-0.25, -0.2) is 0 Å². The van der Waals surface area contributed by atoms with Gasteiger partial charge in [0.1, 0.15) is 6.04 Å². The van der Waals surface area contributed by atoms with Gasteiger partial charge in [-0.15, -0.1) is 0 Å². The van der Waals surface area contributed by atoms with Crippen LogP contribution in [0.1, 0.15) is 12.5 Å². The number of nitrogens with two attached hydrogens (primary N) is 1. The van der Waals surface area contributed by atoms with Crippen molar-refractivity contribution in [3.05, 3.63) is 29.8 Å². The SMILES string of the molecule is CC(Nc1cccc(C#N)c1)C(N)=O. The third kappa shape index (κ3) is 2.49. The van der Waals surface area contributed by atoms with Crippen LogP contribution in [-0.4, -0.2) is 11.9 Å². The Balaban J connectivity index is 2.78. The van der Waals surface area contributed by atoms with Crippen LogP contribution in [-0.2, 0) is 4.79 Å². The zero-order valence-electron chi connectivity index (χ0n) is 7.82. The maximum atomic E-state index is 10.8. The van der Waals surface area contributed by atoms with Gasteiger partial charge in [-0.3, -0.25) is 4.79 Å². The number of nitriles is 1. The Labute approximate surface area is 82.3 Å². The van der Waals surface area contributed by atoms with Crippen molar-refractivity contribution in [2.45, 2.75) is 13.0 Å². The van der Waals surface area contributed by atoms with Gasteiger partial charge in [-0.1, -0.05) is 6.07 Å². The molecule has 0 fully saturated rings. The standard InChI is InChI=1S/C10H11N3O/c1-7(10(12)14)13-9-4-2-3-8(5-9)6-11/h2-5,7,13H,1H3,(H2,12,14). The van der Waals surface area contributed by atoms with Crippen LogP contribution in [0.3, 0.4) is 0 Å². The maximum Gasteiger partial charge on any atom is 0.239 e. The fraction of sp³-hybridized carbons (Fsp3) is 0.200. The minimum absolute atomic E-state index is 0.424. The number of amides is 1. The summed E-state index contributed by atoms with van der Waals surface area (Å²) < 4.78 is 0. The number of primary amides is 1. The van der Waals surface area contributed by atoms with E-state index in [1.165, 1.54) is 0 Å². The van der Waals surface area contributed by atoms with Crippen molar-refractivity contribution >= 4 is 11.6 Å². The molecule has 4 nitrogen and oxygen atoms in total. The third-order valence-corrected chi connectivity index (χ3v) is 1.80. The fourth-order valence-electron chi connectivity index (χ4n) is 1.000. The molecule has 0 saturated heterocycles. The molecule has 14 heavy (non-hydrogen) atoms. The molecule has 4 heteroatoms. The zero-order chi connectivity index (χ0) is 10.6. The van der Waals surface area contributed by atoms with E-state index in [0.29, 0.717) is 5.56 Å². The van der Waals surface area contributed by atoms with Crippen molar-refractivity contribution in [2.75, 3.05) is 5.32 Å². The van der Waals surface area contributed by atoms with Crippen LogP contribution in [0.5, 0.6) is 0 Å². The van der Waals surface area contributed by atoms with Gasteiger partial charge in [0.2, 0.25) is 5.91 Å². The summed E-state index contributed by atoms with van der Waals surface area (Å²) in [4.78, 5) is 10.8. The third-order valence-electron chi connectivity index (χ3n) is 1.80. The van der Waals surface area contributed by atoms with E-state index in [4.69, 9.17) is 11.0 Å². The van der Waals surface area contributed by atoms with Gasteiger partial charge in [-0.05, 0) is 25.1 Å². The second kappa shape index (κ2) is 4.28.